The number of terminal acetylenes is 1. The van der Waals surface area contributed by atoms with Crippen molar-refractivity contribution >= 4 is 5.78 Å². The molecule has 4 aliphatic rings. The maximum atomic E-state index is 11.8. The van der Waals surface area contributed by atoms with Gasteiger partial charge in [0.05, 0.1) is 0 Å². The second-order valence-electron chi connectivity index (χ2n) is 8.55. The average molecular weight is 324 g/mol. The van der Waals surface area contributed by atoms with E-state index in [1.165, 1.54) is 11.1 Å². The Hall–Kier alpha value is -1.33. The first-order valence-corrected chi connectivity index (χ1v) is 9.57. The molecule has 2 heteroatoms. The van der Waals surface area contributed by atoms with Crippen molar-refractivity contribution in [1.29, 1.82) is 0 Å². The predicted octanol–water partition coefficient (Wildman–Crippen LogP) is 4.05. The summed E-state index contributed by atoms with van der Waals surface area (Å²) in [6.07, 6.45) is 15.1. The molecule has 0 aromatic rings. The molecule has 0 heterocycles. The highest BCUT2D eigenvalue weighted by molar-refractivity contribution is 5.91. The van der Waals surface area contributed by atoms with Gasteiger partial charge in [-0.1, -0.05) is 30.6 Å². The van der Waals surface area contributed by atoms with Crippen molar-refractivity contribution in [1.82, 2.24) is 0 Å². The first-order chi connectivity index (χ1) is 11.5. The van der Waals surface area contributed by atoms with Crippen LogP contribution in [0.5, 0.6) is 0 Å². The number of fused-ring (bicyclic) bond motifs is 5. The van der Waals surface area contributed by atoms with E-state index in [0.717, 1.165) is 44.9 Å². The molecule has 0 aromatic carbocycles. The minimum Gasteiger partial charge on any atom is -0.377 e. The van der Waals surface area contributed by atoms with Gasteiger partial charge in [0, 0.05) is 11.8 Å². The average Bonchev–Trinajstić information content (AvgIpc) is 2.88. The summed E-state index contributed by atoms with van der Waals surface area (Å²) < 4.78 is 0. The predicted molar refractivity (Wildman–Crippen MR) is 95.0 cm³/mol. The van der Waals surface area contributed by atoms with E-state index in [9.17, 15) is 9.90 Å². The van der Waals surface area contributed by atoms with Gasteiger partial charge in [-0.05, 0) is 74.7 Å². The van der Waals surface area contributed by atoms with Crippen molar-refractivity contribution in [2.45, 2.75) is 63.9 Å². The van der Waals surface area contributed by atoms with Crippen molar-refractivity contribution in [3.63, 3.8) is 0 Å². The summed E-state index contributed by atoms with van der Waals surface area (Å²) in [6.45, 7) is 6.65. The molecule has 0 aromatic heterocycles. The maximum absolute atomic E-state index is 11.8. The lowest BCUT2D eigenvalue weighted by atomic mass is 9.48. The smallest absolute Gasteiger partial charge is 0.155 e. The third-order valence-corrected chi connectivity index (χ3v) is 7.94. The molecule has 24 heavy (non-hydrogen) atoms. The molecule has 0 amide bonds. The molecular formula is C22H28O2. The number of carbonyl (C=O) groups excluding carboxylic acids is 1. The molecule has 4 rings (SSSR count). The summed E-state index contributed by atoms with van der Waals surface area (Å²) in [5.41, 5.74) is 1.48. The van der Waals surface area contributed by atoms with Crippen LogP contribution in [-0.4, -0.2) is 16.5 Å². The lowest BCUT2D eigenvalue weighted by Gasteiger charge is -2.56. The van der Waals surface area contributed by atoms with Crippen LogP contribution in [0, 0.1) is 41.4 Å². The zero-order chi connectivity index (χ0) is 17.1. The molecule has 6 atom stereocenters. The Morgan fingerprint density at radius 1 is 1.38 bits per heavy atom. The molecule has 3 fully saturated rings. The topological polar surface area (TPSA) is 37.3 Å². The van der Waals surface area contributed by atoms with Gasteiger partial charge >= 0.3 is 0 Å². The van der Waals surface area contributed by atoms with Crippen LogP contribution in [0.4, 0.5) is 0 Å². The van der Waals surface area contributed by atoms with Crippen LogP contribution in [-0.2, 0) is 4.79 Å². The Bertz CT molecular complexity index is 666. The molecule has 2 nitrogen and oxygen atoms in total. The fraction of sp³-hybridized carbons (Fsp3) is 0.682. The largest absolute Gasteiger partial charge is 0.377 e. The van der Waals surface area contributed by atoms with E-state index >= 15 is 0 Å². The van der Waals surface area contributed by atoms with Gasteiger partial charge in [-0.15, -0.1) is 6.42 Å². The van der Waals surface area contributed by atoms with Crippen molar-refractivity contribution in [3.8, 4) is 12.3 Å². The second-order valence-corrected chi connectivity index (χ2v) is 8.55. The number of carbonyl (C=O) groups is 1. The van der Waals surface area contributed by atoms with Gasteiger partial charge in [0.25, 0.3) is 0 Å². The Morgan fingerprint density at radius 3 is 2.88 bits per heavy atom. The number of hydrogen-bond donors (Lipinski definition) is 1. The highest BCUT2D eigenvalue weighted by Crippen LogP contribution is 2.67. The summed E-state index contributed by atoms with van der Waals surface area (Å²) >= 11 is 0. The highest BCUT2D eigenvalue weighted by Gasteiger charge is 2.64. The third kappa shape index (κ3) is 1.91. The van der Waals surface area contributed by atoms with Gasteiger partial charge in [0.2, 0.25) is 0 Å². The molecule has 0 spiro atoms. The summed E-state index contributed by atoms with van der Waals surface area (Å²) in [6, 6.07) is 0. The fourth-order valence-corrected chi connectivity index (χ4v) is 6.90. The van der Waals surface area contributed by atoms with Crippen molar-refractivity contribution < 1.29 is 9.90 Å². The first-order valence-electron chi connectivity index (χ1n) is 9.57. The summed E-state index contributed by atoms with van der Waals surface area (Å²) in [5.74, 6) is 5.13. The Kier molecular flexibility index (Phi) is 3.59. The second kappa shape index (κ2) is 5.33. The Balaban J connectivity index is 1.74. The van der Waals surface area contributed by atoms with Gasteiger partial charge in [-0.25, -0.2) is 0 Å². The van der Waals surface area contributed by atoms with Crippen LogP contribution in [0.25, 0.3) is 0 Å². The molecule has 0 saturated heterocycles. The maximum Gasteiger partial charge on any atom is 0.155 e. The number of ketones is 1. The van der Waals surface area contributed by atoms with Gasteiger partial charge < -0.3 is 5.11 Å². The lowest BCUT2D eigenvalue weighted by molar-refractivity contribution is -0.116. The summed E-state index contributed by atoms with van der Waals surface area (Å²) in [5, 5.41) is 11.2. The number of hydrogen-bond acceptors (Lipinski definition) is 2. The minimum absolute atomic E-state index is 0.189. The van der Waals surface area contributed by atoms with Gasteiger partial charge in [0.1, 0.15) is 5.60 Å². The zero-order valence-corrected chi connectivity index (χ0v) is 14.7. The van der Waals surface area contributed by atoms with E-state index in [2.05, 4.69) is 19.4 Å². The summed E-state index contributed by atoms with van der Waals surface area (Å²) in [7, 11) is 0. The van der Waals surface area contributed by atoms with Crippen LogP contribution < -0.4 is 0 Å². The van der Waals surface area contributed by atoms with Crippen LogP contribution in [0.15, 0.2) is 23.8 Å². The zero-order valence-electron chi connectivity index (χ0n) is 14.7. The third-order valence-electron chi connectivity index (χ3n) is 7.94. The standard InChI is InChI=1S/C22H28O2/c1-4-21-13-14(3)20-17-9-7-16(23)12-15(17)6-8-18(20)19(21)10-11-22(21,24)5-2/h2,12,17-20,24H,3-4,6-11,13H2,1H3/t17-,18-,19+,20-,21-,22+/m0/s1. The molecule has 0 radical (unpaired) electrons. The lowest BCUT2D eigenvalue weighted by Crippen LogP contribution is -2.54. The molecule has 0 aliphatic heterocycles. The van der Waals surface area contributed by atoms with Crippen LogP contribution in [0.2, 0.25) is 0 Å². The van der Waals surface area contributed by atoms with E-state index in [4.69, 9.17) is 6.42 Å². The Morgan fingerprint density at radius 2 is 2.17 bits per heavy atom. The quantitative estimate of drug-likeness (QED) is 0.583. The van der Waals surface area contributed by atoms with Crippen molar-refractivity contribution in [3.05, 3.63) is 23.8 Å². The van der Waals surface area contributed by atoms with Crippen LogP contribution >= 0.6 is 0 Å². The molecule has 4 aliphatic carbocycles. The van der Waals surface area contributed by atoms with Crippen molar-refractivity contribution in [2.75, 3.05) is 0 Å². The molecule has 1 N–H and O–H groups in total. The molecule has 3 saturated carbocycles. The number of aliphatic hydroxyl groups is 1. The van der Waals surface area contributed by atoms with Gasteiger partial charge in [-0.3, -0.25) is 4.79 Å². The van der Waals surface area contributed by atoms with E-state index in [0.29, 0.717) is 35.9 Å². The van der Waals surface area contributed by atoms with E-state index in [1.807, 2.05) is 6.08 Å². The van der Waals surface area contributed by atoms with Gasteiger partial charge in [-0.2, -0.15) is 0 Å². The fourth-order valence-electron chi connectivity index (χ4n) is 6.90. The SMILES string of the molecule is C#C[C@@]1(O)CC[C@@H]2[C@@H]3CCC4=CC(=O)CC[C@@H]4[C@@H]3C(=C)C[C@@]21CC. The van der Waals surface area contributed by atoms with E-state index < -0.39 is 5.60 Å². The van der Waals surface area contributed by atoms with Crippen molar-refractivity contribution in [2.24, 2.45) is 29.1 Å². The molecule has 0 unspecified atom stereocenters. The summed E-state index contributed by atoms with van der Waals surface area (Å²) in [4.78, 5) is 11.8. The molecule has 128 valence electrons. The first kappa shape index (κ1) is 16.2. The van der Waals surface area contributed by atoms with Crippen LogP contribution in [0.3, 0.4) is 0 Å². The van der Waals surface area contributed by atoms with Crippen LogP contribution in [0.1, 0.15) is 58.3 Å². The van der Waals surface area contributed by atoms with E-state index in [1.54, 1.807) is 0 Å². The normalized spacial score (nSPS) is 47.3. The highest BCUT2D eigenvalue weighted by atomic mass is 16.3. The molecular weight excluding hydrogens is 296 g/mol. The monoisotopic (exact) mass is 324 g/mol. The number of allylic oxidation sites excluding steroid dienone is 2. The van der Waals surface area contributed by atoms with E-state index in [-0.39, 0.29) is 5.41 Å². The Labute approximate surface area is 145 Å². The number of rotatable bonds is 1. The van der Waals surface area contributed by atoms with Gasteiger partial charge in [0.15, 0.2) is 5.78 Å². The minimum atomic E-state index is -0.973. The molecule has 0 bridgehead atoms.